The zero-order valence-corrected chi connectivity index (χ0v) is 18.0. The number of pyridine rings is 1. The highest BCUT2D eigenvalue weighted by Crippen LogP contribution is 2.28. The van der Waals surface area contributed by atoms with E-state index in [0.717, 1.165) is 23.0 Å². The number of hydrogen-bond donors (Lipinski definition) is 2. The van der Waals surface area contributed by atoms with Crippen molar-refractivity contribution in [3.8, 4) is 0 Å². The van der Waals surface area contributed by atoms with E-state index >= 15 is 0 Å². The number of fused-ring (bicyclic) bond motifs is 1. The number of rotatable bonds is 6. The second-order valence-corrected chi connectivity index (χ2v) is 7.77. The molecule has 2 aromatic heterocycles. The number of nitrogens with one attached hydrogen (secondary N) is 1. The Bertz CT molecular complexity index is 1200. The second-order valence-electron chi connectivity index (χ2n) is 7.77. The van der Waals surface area contributed by atoms with Gasteiger partial charge in [0, 0.05) is 36.9 Å². The van der Waals surface area contributed by atoms with E-state index in [1.165, 1.54) is 12.3 Å². The van der Waals surface area contributed by atoms with Crippen LogP contribution in [0.5, 0.6) is 0 Å². The molecule has 1 saturated heterocycles. The molecule has 2 atom stereocenters. The lowest BCUT2D eigenvalue weighted by atomic mass is 10.1. The number of aromatic nitrogens is 3. The van der Waals surface area contributed by atoms with Gasteiger partial charge in [-0.15, -0.1) is 0 Å². The molecule has 4 rings (SSSR count). The van der Waals surface area contributed by atoms with E-state index < -0.39 is 5.91 Å². The van der Waals surface area contributed by atoms with Crippen molar-refractivity contribution in [2.75, 3.05) is 23.8 Å². The first-order valence-electron chi connectivity index (χ1n) is 10.3. The molecule has 3 aromatic rings. The number of carbonyl (C=O) groups is 2. The third-order valence-electron chi connectivity index (χ3n) is 5.89. The predicted octanol–water partition coefficient (Wildman–Crippen LogP) is 2.48. The maximum atomic E-state index is 12.1. The first-order valence-corrected chi connectivity index (χ1v) is 10.3. The number of likely N-dealkylation sites (N-methyl/N-ethyl adjacent to an activating group) is 1. The average molecular weight is 432 g/mol. The van der Waals surface area contributed by atoms with Gasteiger partial charge in [-0.25, -0.2) is 9.97 Å². The molecule has 9 nitrogen and oxygen atoms in total. The summed E-state index contributed by atoms with van der Waals surface area (Å²) in [5.41, 5.74) is 7.19. The summed E-state index contributed by atoms with van der Waals surface area (Å²) in [7, 11) is 1.91. The number of likely N-dealkylation sites (tertiary alicyclic amines) is 1. The van der Waals surface area contributed by atoms with Crippen molar-refractivity contribution >= 4 is 40.0 Å². The van der Waals surface area contributed by atoms with Gasteiger partial charge in [0.15, 0.2) is 11.5 Å². The van der Waals surface area contributed by atoms with E-state index in [1.54, 1.807) is 11.1 Å². The van der Waals surface area contributed by atoms with Crippen LogP contribution in [0.25, 0.3) is 10.9 Å². The molecule has 0 bridgehead atoms. The molecule has 1 aromatic carbocycles. The van der Waals surface area contributed by atoms with Crippen LogP contribution >= 0.6 is 0 Å². The largest absolute Gasteiger partial charge is 0.364 e. The Morgan fingerprint density at radius 1 is 1.31 bits per heavy atom. The number of anilines is 3. The molecule has 1 aliphatic rings. The minimum absolute atomic E-state index is 0.0208. The highest BCUT2D eigenvalue weighted by molar-refractivity contribution is 5.96. The molecule has 1 aliphatic heterocycles. The number of nitrogens with two attached hydrogens (primary N) is 1. The molecular weight excluding hydrogens is 406 g/mol. The number of primary amides is 1. The third kappa shape index (κ3) is 3.96. The van der Waals surface area contributed by atoms with E-state index in [0.29, 0.717) is 12.4 Å². The number of benzene rings is 1. The summed E-state index contributed by atoms with van der Waals surface area (Å²) < 4.78 is 0. The van der Waals surface area contributed by atoms with Gasteiger partial charge in [-0.2, -0.15) is 0 Å². The third-order valence-corrected chi connectivity index (χ3v) is 5.89. The zero-order chi connectivity index (χ0) is 22.8. The molecule has 9 heteroatoms. The van der Waals surface area contributed by atoms with Crippen LogP contribution in [0.4, 0.5) is 17.3 Å². The quantitative estimate of drug-likeness (QED) is 0.576. The van der Waals surface area contributed by atoms with Crippen molar-refractivity contribution in [1.29, 1.82) is 0 Å². The Morgan fingerprint density at radius 2 is 2.12 bits per heavy atom. The fraction of sp³-hybridized carbons (Fsp3) is 0.261. The normalized spacial score (nSPS) is 17.9. The van der Waals surface area contributed by atoms with Crippen molar-refractivity contribution in [2.24, 2.45) is 5.73 Å². The van der Waals surface area contributed by atoms with E-state index in [9.17, 15) is 9.59 Å². The Hall–Kier alpha value is -4.01. The molecule has 0 radical (unpaired) electrons. The lowest BCUT2D eigenvalue weighted by molar-refractivity contribution is -0.126. The molecule has 3 N–H and O–H groups in total. The van der Waals surface area contributed by atoms with Gasteiger partial charge < -0.3 is 20.9 Å². The molecule has 32 heavy (non-hydrogen) atoms. The monoisotopic (exact) mass is 431 g/mol. The van der Waals surface area contributed by atoms with Crippen molar-refractivity contribution < 1.29 is 9.59 Å². The Morgan fingerprint density at radius 3 is 2.88 bits per heavy atom. The fourth-order valence-corrected chi connectivity index (χ4v) is 4.15. The summed E-state index contributed by atoms with van der Waals surface area (Å²) in [6.45, 7) is 6.23. The van der Waals surface area contributed by atoms with Gasteiger partial charge in [-0.1, -0.05) is 12.6 Å². The highest BCUT2D eigenvalue weighted by Gasteiger charge is 2.36. The smallest absolute Gasteiger partial charge is 0.271 e. The fourth-order valence-electron chi connectivity index (χ4n) is 4.15. The van der Waals surface area contributed by atoms with Crippen LogP contribution in [0.3, 0.4) is 0 Å². The molecule has 1 fully saturated rings. The minimum Gasteiger partial charge on any atom is -0.364 e. The van der Waals surface area contributed by atoms with Crippen molar-refractivity contribution in [1.82, 2.24) is 19.9 Å². The molecule has 0 saturated carbocycles. The van der Waals surface area contributed by atoms with E-state index in [4.69, 9.17) is 5.73 Å². The Balaban J connectivity index is 1.63. The summed E-state index contributed by atoms with van der Waals surface area (Å²) in [4.78, 5) is 41.1. The summed E-state index contributed by atoms with van der Waals surface area (Å²) >= 11 is 0. The van der Waals surface area contributed by atoms with Crippen LogP contribution in [-0.4, -0.2) is 57.3 Å². The summed E-state index contributed by atoms with van der Waals surface area (Å²) in [6, 6.07) is 9.50. The maximum absolute atomic E-state index is 12.1. The van der Waals surface area contributed by atoms with Crippen molar-refractivity contribution in [2.45, 2.75) is 25.4 Å². The number of hydrogen-bond acceptors (Lipinski definition) is 7. The Kier molecular flexibility index (Phi) is 5.72. The predicted molar refractivity (Wildman–Crippen MR) is 124 cm³/mol. The van der Waals surface area contributed by atoms with E-state index in [-0.39, 0.29) is 29.5 Å². The topological polar surface area (TPSA) is 117 Å². The zero-order valence-electron chi connectivity index (χ0n) is 18.0. The van der Waals surface area contributed by atoms with Gasteiger partial charge in [0.05, 0.1) is 17.8 Å². The molecule has 0 aliphatic carbocycles. The summed E-state index contributed by atoms with van der Waals surface area (Å²) in [5.74, 6) is 0.0878. The van der Waals surface area contributed by atoms with Crippen LogP contribution in [0, 0.1) is 0 Å². The van der Waals surface area contributed by atoms with Gasteiger partial charge in [-0.3, -0.25) is 14.6 Å². The van der Waals surface area contributed by atoms with Crippen molar-refractivity contribution in [3.05, 3.63) is 61.1 Å². The van der Waals surface area contributed by atoms with Crippen LogP contribution < -0.4 is 16.0 Å². The van der Waals surface area contributed by atoms with Crippen LogP contribution in [0.15, 0.2) is 55.4 Å². The van der Waals surface area contributed by atoms with Crippen LogP contribution in [-0.2, 0) is 4.79 Å². The van der Waals surface area contributed by atoms with E-state index in [1.807, 2.05) is 49.2 Å². The molecule has 0 spiro atoms. The molecule has 0 unspecified atom stereocenters. The molecular formula is C23H25N7O2. The Labute approximate surface area is 186 Å². The summed E-state index contributed by atoms with van der Waals surface area (Å²) in [6.07, 6.45) is 5.39. The lowest BCUT2D eigenvalue weighted by Crippen LogP contribution is -2.43. The minimum atomic E-state index is -0.673. The molecule has 3 heterocycles. The van der Waals surface area contributed by atoms with Gasteiger partial charge in [0.2, 0.25) is 5.91 Å². The number of amides is 2. The van der Waals surface area contributed by atoms with Crippen LogP contribution in [0.1, 0.15) is 23.8 Å². The maximum Gasteiger partial charge on any atom is 0.271 e. The van der Waals surface area contributed by atoms with Crippen LogP contribution in [0.2, 0.25) is 0 Å². The number of carbonyl (C=O) groups excluding carboxylic acids is 2. The second kappa shape index (κ2) is 8.62. The molecule has 164 valence electrons. The lowest BCUT2D eigenvalue weighted by Gasteiger charge is -2.31. The van der Waals surface area contributed by atoms with Crippen molar-refractivity contribution in [3.63, 3.8) is 0 Å². The summed E-state index contributed by atoms with van der Waals surface area (Å²) in [5, 5.41) is 4.12. The highest BCUT2D eigenvalue weighted by atomic mass is 16.2. The first kappa shape index (κ1) is 21.2. The molecule has 2 amide bonds. The van der Waals surface area contributed by atoms with E-state index in [2.05, 4.69) is 26.8 Å². The van der Waals surface area contributed by atoms with Gasteiger partial charge in [-0.05, 0) is 43.7 Å². The number of nitrogens with zero attached hydrogens (tertiary/aromatic N) is 5. The van der Waals surface area contributed by atoms with Gasteiger partial charge >= 0.3 is 0 Å². The van der Waals surface area contributed by atoms with Gasteiger partial charge in [0.25, 0.3) is 5.91 Å². The SMILES string of the molecule is C=CC(=O)N1CC[C@@H](N(C)c2cnc(C(N)=O)c(Nc3ccc4ncccc4c3)n2)[C@H]1C. The van der Waals surface area contributed by atoms with Gasteiger partial charge in [0.1, 0.15) is 5.82 Å². The average Bonchev–Trinajstić information content (AvgIpc) is 3.19. The standard InChI is InChI=1S/C23H25N7O2/c1-4-20(31)30-11-9-18(14(30)2)29(3)19-13-26-21(22(24)32)23(28-19)27-16-7-8-17-15(12-16)6-5-10-25-17/h4-8,10,12-14,18H,1,9,11H2,2-3H3,(H2,24,32)(H,27,28)/t14-,18-/m1/s1. The first-order chi connectivity index (χ1) is 15.4.